The summed E-state index contributed by atoms with van der Waals surface area (Å²) in [6.07, 6.45) is 3.95. The zero-order chi connectivity index (χ0) is 12.5. The average Bonchev–Trinajstić information content (AvgIpc) is 2.96. The molecular weight excluding hydrogens is 242 g/mol. The molecule has 0 bridgehead atoms. The lowest BCUT2D eigenvalue weighted by Gasteiger charge is -2.10. The minimum absolute atomic E-state index is 0.419. The van der Waals surface area contributed by atoms with Crippen LogP contribution in [-0.2, 0) is 19.3 Å². The summed E-state index contributed by atoms with van der Waals surface area (Å²) in [5.74, 6) is 0. The summed E-state index contributed by atoms with van der Waals surface area (Å²) < 4.78 is 0. The van der Waals surface area contributed by atoms with Crippen LogP contribution in [0, 0.1) is 6.92 Å². The Hall–Kier alpha value is -1.19. The fourth-order valence-electron chi connectivity index (χ4n) is 2.70. The summed E-state index contributed by atoms with van der Waals surface area (Å²) >= 11 is 1.54. The second-order valence-corrected chi connectivity index (χ2v) is 5.86. The molecule has 3 rings (SSSR count). The van der Waals surface area contributed by atoms with Crippen LogP contribution in [0.4, 0.5) is 0 Å². The van der Waals surface area contributed by atoms with Crippen LogP contribution >= 0.6 is 11.3 Å². The van der Waals surface area contributed by atoms with Crippen molar-refractivity contribution in [3.05, 3.63) is 51.0 Å². The van der Waals surface area contributed by atoms with Crippen molar-refractivity contribution in [1.82, 2.24) is 4.98 Å². The Bertz CT molecular complexity index is 561. The summed E-state index contributed by atoms with van der Waals surface area (Å²) in [5.41, 5.74) is 6.95. The molecule has 1 aliphatic carbocycles. The number of aryl methyl sites for hydroxylation is 3. The van der Waals surface area contributed by atoms with E-state index in [0.29, 0.717) is 6.42 Å². The lowest BCUT2D eigenvalue weighted by atomic mass is 10.0. The van der Waals surface area contributed by atoms with Gasteiger partial charge in [0.15, 0.2) is 0 Å². The number of fused-ring (bicyclic) bond motifs is 1. The van der Waals surface area contributed by atoms with Crippen molar-refractivity contribution in [3.8, 4) is 0 Å². The van der Waals surface area contributed by atoms with Gasteiger partial charge in [0, 0.05) is 6.42 Å². The first-order valence-corrected chi connectivity index (χ1v) is 7.31. The molecule has 1 aromatic carbocycles. The Morgan fingerprint density at radius 1 is 1.33 bits per heavy atom. The van der Waals surface area contributed by atoms with Gasteiger partial charge in [0.2, 0.25) is 0 Å². The van der Waals surface area contributed by atoms with Gasteiger partial charge in [-0.25, -0.2) is 4.98 Å². The van der Waals surface area contributed by atoms with Crippen molar-refractivity contribution < 1.29 is 5.11 Å². The van der Waals surface area contributed by atoms with E-state index in [1.165, 1.54) is 36.0 Å². The van der Waals surface area contributed by atoms with Crippen LogP contribution in [0.3, 0.4) is 0 Å². The second-order valence-electron chi connectivity index (χ2n) is 4.98. The van der Waals surface area contributed by atoms with Crippen molar-refractivity contribution in [1.29, 1.82) is 0 Å². The number of aliphatic hydroxyl groups is 1. The zero-order valence-corrected chi connectivity index (χ0v) is 11.3. The van der Waals surface area contributed by atoms with Gasteiger partial charge in [-0.15, -0.1) is 11.3 Å². The Morgan fingerprint density at radius 2 is 2.17 bits per heavy atom. The highest BCUT2D eigenvalue weighted by molar-refractivity contribution is 7.09. The fraction of sp³-hybridized carbons (Fsp3) is 0.400. The third-order valence-corrected chi connectivity index (χ3v) is 4.71. The van der Waals surface area contributed by atoms with Gasteiger partial charge in [-0.2, -0.15) is 0 Å². The summed E-state index contributed by atoms with van der Waals surface area (Å²) in [7, 11) is 0. The smallest absolute Gasteiger partial charge is 0.0940 e. The number of hydrogen-bond donors (Lipinski definition) is 1. The van der Waals surface area contributed by atoms with Crippen LogP contribution in [0.15, 0.2) is 23.7 Å². The number of benzene rings is 1. The highest BCUT2D eigenvalue weighted by atomic mass is 32.1. The number of thiazole rings is 1. The maximum atomic E-state index is 10.3. The Kier molecular flexibility index (Phi) is 3.18. The number of hydrogen-bond acceptors (Lipinski definition) is 3. The summed E-state index contributed by atoms with van der Waals surface area (Å²) in [5, 5.41) is 10.3. The van der Waals surface area contributed by atoms with Gasteiger partial charge in [0.25, 0.3) is 0 Å². The monoisotopic (exact) mass is 259 g/mol. The maximum Gasteiger partial charge on any atom is 0.0940 e. The predicted molar refractivity (Wildman–Crippen MR) is 74.0 cm³/mol. The van der Waals surface area contributed by atoms with E-state index in [1.54, 1.807) is 16.8 Å². The van der Waals surface area contributed by atoms with Gasteiger partial charge >= 0.3 is 0 Å². The molecule has 0 radical (unpaired) electrons. The summed E-state index contributed by atoms with van der Waals surface area (Å²) in [6.45, 7) is 1.96. The van der Waals surface area contributed by atoms with Crippen molar-refractivity contribution in [2.24, 2.45) is 0 Å². The quantitative estimate of drug-likeness (QED) is 0.918. The molecule has 0 amide bonds. The van der Waals surface area contributed by atoms with Gasteiger partial charge in [-0.05, 0) is 42.9 Å². The second kappa shape index (κ2) is 4.82. The third-order valence-electron chi connectivity index (χ3n) is 3.68. The predicted octanol–water partition coefficient (Wildman–Crippen LogP) is 3.22. The first-order chi connectivity index (χ1) is 8.74. The van der Waals surface area contributed by atoms with E-state index in [0.717, 1.165) is 10.6 Å². The third kappa shape index (κ3) is 2.20. The summed E-state index contributed by atoms with van der Waals surface area (Å²) in [4.78, 5) is 5.19. The number of aromatic nitrogens is 1. The van der Waals surface area contributed by atoms with Crippen molar-refractivity contribution in [3.63, 3.8) is 0 Å². The topological polar surface area (TPSA) is 33.1 Å². The van der Waals surface area contributed by atoms with Gasteiger partial charge < -0.3 is 5.11 Å². The molecule has 3 heteroatoms. The van der Waals surface area contributed by atoms with Gasteiger partial charge in [0.05, 0.1) is 22.2 Å². The highest BCUT2D eigenvalue weighted by Gasteiger charge is 2.16. The molecule has 0 saturated heterocycles. The Balaban J connectivity index is 1.79. The van der Waals surface area contributed by atoms with Crippen molar-refractivity contribution >= 4 is 11.3 Å². The van der Waals surface area contributed by atoms with Gasteiger partial charge in [-0.1, -0.05) is 18.2 Å². The molecule has 1 heterocycles. The molecule has 2 aromatic rings. The molecule has 1 aromatic heterocycles. The average molecular weight is 259 g/mol. The fourth-order valence-corrected chi connectivity index (χ4v) is 3.49. The first kappa shape index (κ1) is 11.9. The van der Waals surface area contributed by atoms with Crippen LogP contribution in [0.2, 0.25) is 0 Å². The van der Waals surface area contributed by atoms with Crippen molar-refractivity contribution in [2.75, 3.05) is 0 Å². The normalized spacial score (nSPS) is 15.7. The van der Waals surface area contributed by atoms with E-state index >= 15 is 0 Å². The lowest BCUT2D eigenvalue weighted by Crippen LogP contribution is -2.02. The van der Waals surface area contributed by atoms with Gasteiger partial charge in [-0.3, -0.25) is 0 Å². The molecule has 94 valence electrons. The molecule has 1 unspecified atom stereocenters. The van der Waals surface area contributed by atoms with Crippen LogP contribution in [0.25, 0.3) is 0 Å². The molecule has 1 N–H and O–H groups in total. The zero-order valence-electron chi connectivity index (χ0n) is 10.5. The molecule has 0 fully saturated rings. The minimum atomic E-state index is -0.419. The van der Waals surface area contributed by atoms with E-state index in [2.05, 4.69) is 23.2 Å². The van der Waals surface area contributed by atoms with E-state index in [9.17, 15) is 5.11 Å². The van der Waals surface area contributed by atoms with Gasteiger partial charge in [0.1, 0.15) is 0 Å². The molecule has 2 nitrogen and oxygen atoms in total. The van der Waals surface area contributed by atoms with E-state index < -0.39 is 6.10 Å². The molecule has 1 aliphatic rings. The number of nitrogens with zero attached hydrogens (tertiary/aromatic N) is 1. The molecule has 18 heavy (non-hydrogen) atoms. The largest absolute Gasteiger partial charge is 0.387 e. The van der Waals surface area contributed by atoms with Crippen LogP contribution in [0.1, 0.15) is 39.8 Å². The lowest BCUT2D eigenvalue weighted by molar-refractivity contribution is 0.181. The Morgan fingerprint density at radius 3 is 2.94 bits per heavy atom. The molecular formula is C15H17NOS. The number of aliphatic hydroxyl groups excluding tert-OH is 1. The molecule has 0 spiro atoms. The minimum Gasteiger partial charge on any atom is -0.387 e. The van der Waals surface area contributed by atoms with E-state index in [1.807, 2.05) is 6.92 Å². The molecule has 0 aliphatic heterocycles. The highest BCUT2D eigenvalue weighted by Crippen LogP contribution is 2.28. The Labute approximate surface area is 111 Å². The van der Waals surface area contributed by atoms with Crippen molar-refractivity contribution in [2.45, 2.75) is 38.7 Å². The van der Waals surface area contributed by atoms with Crippen LogP contribution in [-0.4, -0.2) is 10.1 Å². The standard InChI is InChI=1S/C15H17NOS/c1-10-15(18-9-16-10)14(17)8-11-5-6-12-3-2-4-13(12)7-11/h5-7,9,14,17H,2-4,8H2,1H3. The first-order valence-electron chi connectivity index (χ1n) is 6.43. The van der Waals surface area contributed by atoms with Crippen LogP contribution in [0.5, 0.6) is 0 Å². The maximum absolute atomic E-state index is 10.3. The van der Waals surface area contributed by atoms with E-state index in [4.69, 9.17) is 0 Å². The summed E-state index contributed by atoms with van der Waals surface area (Å²) in [6, 6.07) is 6.65. The van der Waals surface area contributed by atoms with E-state index in [-0.39, 0.29) is 0 Å². The van der Waals surface area contributed by atoms with Crippen LogP contribution < -0.4 is 0 Å². The molecule has 0 saturated carbocycles. The SMILES string of the molecule is Cc1ncsc1C(O)Cc1ccc2c(c1)CCC2. The molecule has 1 atom stereocenters. The number of rotatable bonds is 3.